The van der Waals surface area contributed by atoms with Crippen molar-refractivity contribution in [1.29, 1.82) is 0 Å². The van der Waals surface area contributed by atoms with Crippen LogP contribution in [0.4, 0.5) is 0 Å². The lowest BCUT2D eigenvalue weighted by Gasteiger charge is -2.13. The first kappa shape index (κ1) is 18.0. The summed E-state index contributed by atoms with van der Waals surface area (Å²) in [6.45, 7) is 0.817. The normalized spacial score (nSPS) is 18.0. The highest BCUT2D eigenvalue weighted by Crippen LogP contribution is 2.30. The summed E-state index contributed by atoms with van der Waals surface area (Å²) >= 11 is 0. The first-order valence-electron chi connectivity index (χ1n) is 9.41. The van der Waals surface area contributed by atoms with Crippen LogP contribution in [0.5, 0.6) is 0 Å². The third-order valence-electron chi connectivity index (χ3n) is 5.17. The van der Waals surface area contributed by atoms with Crippen LogP contribution < -0.4 is 5.32 Å². The number of nitrogens with one attached hydrogen (secondary N) is 1. The molecule has 0 spiro atoms. The average molecular weight is 385 g/mol. The Morgan fingerprint density at radius 3 is 2.74 bits per heavy atom. The fourth-order valence-electron chi connectivity index (χ4n) is 3.76. The second kappa shape index (κ2) is 7.31. The van der Waals surface area contributed by atoms with E-state index in [1.54, 1.807) is 4.57 Å². The van der Waals surface area contributed by atoms with Crippen molar-refractivity contribution in [2.75, 3.05) is 12.3 Å². The zero-order valence-corrected chi connectivity index (χ0v) is 16.0. The van der Waals surface area contributed by atoms with Gasteiger partial charge in [-0.25, -0.2) is 13.4 Å². The van der Waals surface area contributed by atoms with Gasteiger partial charge in [-0.15, -0.1) is 0 Å². The van der Waals surface area contributed by atoms with Crippen molar-refractivity contribution in [3.63, 3.8) is 0 Å². The Labute approximate surface area is 159 Å². The van der Waals surface area contributed by atoms with E-state index in [1.807, 2.05) is 30.3 Å². The maximum atomic E-state index is 12.9. The second-order valence-corrected chi connectivity index (χ2v) is 9.05. The number of sulfone groups is 1. The number of benzene rings is 1. The monoisotopic (exact) mass is 385 g/mol. The molecule has 0 atom stereocenters. The van der Waals surface area contributed by atoms with Gasteiger partial charge in [0.1, 0.15) is 11.4 Å². The summed E-state index contributed by atoms with van der Waals surface area (Å²) in [6.07, 6.45) is 7.79. The van der Waals surface area contributed by atoms with Gasteiger partial charge in [-0.2, -0.15) is 0 Å². The third-order valence-corrected chi connectivity index (χ3v) is 6.76. The number of nitrogens with zero attached hydrogens (tertiary/aromatic N) is 2. The molecule has 2 heterocycles. The van der Waals surface area contributed by atoms with Crippen molar-refractivity contribution in [2.24, 2.45) is 0 Å². The van der Waals surface area contributed by atoms with Crippen molar-refractivity contribution in [2.45, 2.75) is 43.8 Å². The van der Waals surface area contributed by atoms with Crippen LogP contribution in [0, 0.1) is 0 Å². The van der Waals surface area contributed by atoms with Crippen molar-refractivity contribution in [3.05, 3.63) is 47.7 Å². The molecule has 2 aromatic rings. The number of rotatable bonds is 5. The van der Waals surface area contributed by atoms with Crippen LogP contribution in [0.25, 0.3) is 11.3 Å². The van der Waals surface area contributed by atoms with Crippen LogP contribution in [-0.2, 0) is 16.4 Å². The Kier molecular flexibility index (Phi) is 4.86. The highest BCUT2D eigenvalue weighted by molar-refractivity contribution is 7.91. The molecular weight excluding hydrogens is 362 g/mol. The van der Waals surface area contributed by atoms with E-state index in [0.29, 0.717) is 17.9 Å². The molecule has 4 rings (SSSR count). The number of fused-ring (bicyclic) bond motifs is 1. The van der Waals surface area contributed by atoms with E-state index in [1.165, 1.54) is 18.4 Å². The molecule has 0 saturated carbocycles. The minimum absolute atomic E-state index is 0.00138. The van der Waals surface area contributed by atoms with E-state index in [2.05, 4.69) is 16.4 Å². The largest absolute Gasteiger partial charge is 0.350 e. The van der Waals surface area contributed by atoms with Crippen molar-refractivity contribution in [3.8, 4) is 11.3 Å². The van der Waals surface area contributed by atoms with Gasteiger partial charge < -0.3 is 9.88 Å². The van der Waals surface area contributed by atoms with Crippen molar-refractivity contribution >= 4 is 15.7 Å². The van der Waals surface area contributed by atoms with Crippen LogP contribution in [0.15, 0.2) is 47.1 Å². The van der Waals surface area contributed by atoms with Gasteiger partial charge in [0.05, 0.1) is 5.75 Å². The fourth-order valence-corrected chi connectivity index (χ4v) is 5.11. The summed E-state index contributed by atoms with van der Waals surface area (Å²) in [5.74, 6) is -0.265. The van der Waals surface area contributed by atoms with Gasteiger partial charge in [-0.1, -0.05) is 42.0 Å². The van der Waals surface area contributed by atoms with E-state index in [4.69, 9.17) is 0 Å². The van der Waals surface area contributed by atoms with Gasteiger partial charge in [-0.05, 0) is 32.1 Å². The topological polar surface area (TPSA) is 81.1 Å². The zero-order valence-electron chi connectivity index (χ0n) is 15.1. The molecule has 1 aliphatic heterocycles. The maximum absolute atomic E-state index is 12.9. The van der Waals surface area contributed by atoms with E-state index in [-0.39, 0.29) is 23.4 Å². The molecule has 7 heteroatoms. The van der Waals surface area contributed by atoms with Crippen LogP contribution in [-0.4, -0.2) is 36.2 Å². The third kappa shape index (κ3) is 3.56. The Morgan fingerprint density at radius 2 is 2.00 bits per heavy atom. The molecule has 0 unspecified atom stereocenters. The van der Waals surface area contributed by atoms with Gasteiger partial charge in [-0.3, -0.25) is 4.79 Å². The van der Waals surface area contributed by atoms with Crippen LogP contribution in [0.1, 0.15) is 42.6 Å². The highest BCUT2D eigenvalue weighted by Gasteiger charge is 2.35. The quantitative estimate of drug-likeness (QED) is 0.803. The number of amides is 1. The van der Waals surface area contributed by atoms with Gasteiger partial charge in [0.2, 0.25) is 15.0 Å². The molecule has 1 N–H and O–H groups in total. The number of allylic oxidation sites excluding steroid dienone is 1. The molecule has 142 valence electrons. The molecule has 1 aromatic carbocycles. The SMILES string of the molecule is O=C(NCCC1=CCCCC1)c1c(-c2ccccc2)nc2n1CCS2(=O)=O. The second-order valence-electron chi connectivity index (χ2n) is 7.04. The average Bonchev–Trinajstić information content (AvgIpc) is 3.21. The Morgan fingerprint density at radius 1 is 1.19 bits per heavy atom. The fraction of sp³-hybridized carbons (Fsp3) is 0.400. The number of carbonyl (C=O) groups excluding carboxylic acids is 1. The molecule has 2 aliphatic rings. The summed E-state index contributed by atoms with van der Waals surface area (Å²) in [5, 5.41) is 2.97. The number of carbonyl (C=O) groups is 1. The number of hydrogen-bond acceptors (Lipinski definition) is 4. The van der Waals surface area contributed by atoms with E-state index in [0.717, 1.165) is 24.8 Å². The smallest absolute Gasteiger partial charge is 0.270 e. The molecule has 0 fully saturated rings. The summed E-state index contributed by atoms with van der Waals surface area (Å²) in [6, 6.07) is 9.27. The first-order chi connectivity index (χ1) is 13.1. The standard InChI is InChI=1S/C20H23N3O3S/c24-19(21-12-11-15-7-3-1-4-8-15)18-17(16-9-5-2-6-10-16)22-20-23(18)13-14-27(20,25)26/h2,5-7,9-10H,1,3-4,8,11-14H2,(H,21,24). The molecule has 6 nitrogen and oxygen atoms in total. The number of aromatic nitrogens is 2. The predicted octanol–water partition coefficient (Wildman–Crippen LogP) is 2.96. The van der Waals surface area contributed by atoms with Crippen LogP contribution >= 0.6 is 0 Å². The lowest BCUT2D eigenvalue weighted by atomic mass is 9.97. The molecule has 1 amide bonds. The molecular formula is C20H23N3O3S. The van der Waals surface area contributed by atoms with Crippen molar-refractivity contribution < 1.29 is 13.2 Å². The minimum Gasteiger partial charge on any atom is -0.350 e. The molecule has 27 heavy (non-hydrogen) atoms. The molecule has 0 saturated heterocycles. The lowest BCUT2D eigenvalue weighted by molar-refractivity contribution is 0.0945. The van der Waals surface area contributed by atoms with E-state index < -0.39 is 9.84 Å². The summed E-state index contributed by atoms with van der Waals surface area (Å²) in [4.78, 5) is 17.3. The molecule has 1 aromatic heterocycles. The summed E-state index contributed by atoms with van der Waals surface area (Å²) < 4.78 is 26.1. The van der Waals surface area contributed by atoms with Gasteiger partial charge in [0.15, 0.2) is 0 Å². The molecule has 0 radical (unpaired) electrons. The van der Waals surface area contributed by atoms with Crippen LogP contribution in [0.2, 0.25) is 0 Å². The van der Waals surface area contributed by atoms with Gasteiger partial charge in [0, 0.05) is 18.7 Å². The molecule has 1 aliphatic carbocycles. The van der Waals surface area contributed by atoms with Gasteiger partial charge in [0.25, 0.3) is 5.91 Å². The Bertz CT molecular complexity index is 991. The summed E-state index contributed by atoms with van der Waals surface area (Å²) in [5.41, 5.74) is 2.92. The predicted molar refractivity (Wildman–Crippen MR) is 103 cm³/mol. The minimum atomic E-state index is -3.42. The van der Waals surface area contributed by atoms with E-state index in [9.17, 15) is 13.2 Å². The first-order valence-corrected chi connectivity index (χ1v) is 11.1. The van der Waals surface area contributed by atoms with Gasteiger partial charge >= 0.3 is 0 Å². The van der Waals surface area contributed by atoms with Crippen LogP contribution in [0.3, 0.4) is 0 Å². The summed E-state index contributed by atoms with van der Waals surface area (Å²) in [7, 11) is -3.42. The maximum Gasteiger partial charge on any atom is 0.270 e. The zero-order chi connectivity index (χ0) is 18.9. The Hall–Kier alpha value is -2.41. The van der Waals surface area contributed by atoms with E-state index >= 15 is 0 Å². The Balaban J connectivity index is 1.61. The number of imidazole rings is 1. The highest BCUT2D eigenvalue weighted by atomic mass is 32.2. The number of hydrogen-bond donors (Lipinski definition) is 1. The molecule has 0 bridgehead atoms. The van der Waals surface area contributed by atoms with Crippen molar-refractivity contribution in [1.82, 2.24) is 14.9 Å². The lowest BCUT2D eigenvalue weighted by Crippen LogP contribution is -2.27.